The number of nitrogens with zero attached hydrogens (tertiary/aromatic N) is 6. The molecular weight excluding hydrogens is 656 g/mol. The zero-order chi connectivity index (χ0) is 34.0. The molecule has 246 valence electrons. The standard InChI is InChI=1S/C34H31ClN6O6S/c1-16-20-13-17(35)9-10-25(20)48-29(16)22-15-26(38(4)36-22)40-30(43)21-14-23-18(11-12-39-32(45)37(3)33(46)41(23)39)27(34(21,2)31(40)44)19-7-6-8-24(47-5)28(19)42/h6-11,13,15,21,23,27,42H,12,14H2,1-5H3/t21-,23+,27+,34+/m0/s1. The van der Waals surface area contributed by atoms with Crippen LogP contribution in [0.25, 0.3) is 20.7 Å². The molecule has 14 heteroatoms. The number of ether oxygens (including phenoxy) is 1. The van der Waals surface area contributed by atoms with E-state index in [2.05, 4.69) is 0 Å². The zero-order valence-corrected chi connectivity index (χ0v) is 28.3. The number of aryl methyl sites for hydroxylation is 2. The van der Waals surface area contributed by atoms with Gasteiger partial charge >= 0.3 is 11.4 Å². The molecule has 4 atom stereocenters. The zero-order valence-electron chi connectivity index (χ0n) is 26.7. The number of carbonyl (C=O) groups excluding carboxylic acids is 2. The quantitative estimate of drug-likeness (QED) is 0.217. The van der Waals surface area contributed by atoms with Crippen LogP contribution in [-0.4, -0.2) is 47.7 Å². The Morgan fingerprint density at radius 1 is 1.08 bits per heavy atom. The van der Waals surface area contributed by atoms with Crippen molar-refractivity contribution in [3.05, 3.63) is 91.2 Å². The first-order chi connectivity index (χ1) is 22.9. The molecule has 0 spiro atoms. The van der Waals surface area contributed by atoms with Crippen molar-refractivity contribution in [2.24, 2.45) is 25.4 Å². The second-order valence-corrected chi connectivity index (χ2v) is 14.3. The summed E-state index contributed by atoms with van der Waals surface area (Å²) < 4.78 is 11.8. The van der Waals surface area contributed by atoms with Crippen LogP contribution in [0.3, 0.4) is 0 Å². The van der Waals surface area contributed by atoms with E-state index >= 15 is 0 Å². The molecule has 3 aromatic heterocycles. The Labute approximate surface area is 282 Å². The number of imide groups is 1. The second kappa shape index (κ2) is 10.3. The lowest BCUT2D eigenvalue weighted by Crippen LogP contribution is -2.49. The van der Waals surface area contributed by atoms with Gasteiger partial charge in [-0.25, -0.2) is 28.4 Å². The Morgan fingerprint density at radius 3 is 2.60 bits per heavy atom. The SMILES string of the molecule is COc1cccc([C@H]2C3=CCn4c(=O)n(C)c(=O)n4[C@@H]3C[C@H]3C(=O)N(c4cc(-c5sc6ccc(Cl)cc6c5C)nn4C)C(=O)[C@@]23C)c1O. The average Bonchev–Trinajstić information content (AvgIpc) is 3.72. The van der Waals surface area contributed by atoms with Crippen molar-refractivity contribution in [3.8, 4) is 22.1 Å². The van der Waals surface area contributed by atoms with Gasteiger partial charge in [0, 0.05) is 41.4 Å². The molecule has 2 aromatic carbocycles. The number of anilines is 1. The molecular formula is C34H31ClN6O6S. The fourth-order valence-electron chi connectivity index (χ4n) is 8.10. The largest absolute Gasteiger partial charge is 0.504 e. The summed E-state index contributed by atoms with van der Waals surface area (Å²) in [4.78, 5) is 58.0. The van der Waals surface area contributed by atoms with Crippen molar-refractivity contribution >= 4 is 50.7 Å². The molecule has 3 aliphatic rings. The van der Waals surface area contributed by atoms with Crippen LogP contribution in [0, 0.1) is 18.3 Å². The summed E-state index contributed by atoms with van der Waals surface area (Å²) in [7, 11) is 4.55. The van der Waals surface area contributed by atoms with Crippen LogP contribution >= 0.6 is 22.9 Å². The van der Waals surface area contributed by atoms with Gasteiger partial charge in [-0.15, -0.1) is 11.3 Å². The Morgan fingerprint density at radius 2 is 1.85 bits per heavy atom. The van der Waals surface area contributed by atoms with Crippen molar-refractivity contribution in [1.82, 2.24) is 23.7 Å². The molecule has 5 aromatic rings. The van der Waals surface area contributed by atoms with Crippen LogP contribution in [0.4, 0.5) is 5.82 Å². The highest BCUT2D eigenvalue weighted by Crippen LogP contribution is 2.62. The highest BCUT2D eigenvalue weighted by molar-refractivity contribution is 7.22. The second-order valence-electron chi connectivity index (χ2n) is 12.9. The summed E-state index contributed by atoms with van der Waals surface area (Å²) >= 11 is 7.83. The first-order valence-electron chi connectivity index (χ1n) is 15.4. The number of fused-ring (bicyclic) bond motifs is 5. The van der Waals surface area contributed by atoms with Gasteiger partial charge in [0.1, 0.15) is 11.5 Å². The van der Waals surface area contributed by atoms with Gasteiger partial charge in [0.25, 0.3) is 0 Å². The van der Waals surface area contributed by atoms with E-state index in [1.54, 1.807) is 49.6 Å². The topological polar surface area (TPSA) is 134 Å². The van der Waals surface area contributed by atoms with Crippen LogP contribution in [0.1, 0.15) is 36.4 Å². The monoisotopic (exact) mass is 686 g/mol. The van der Waals surface area contributed by atoms with Gasteiger partial charge in [0.15, 0.2) is 11.5 Å². The highest BCUT2D eigenvalue weighted by Gasteiger charge is 2.66. The minimum absolute atomic E-state index is 0.0966. The summed E-state index contributed by atoms with van der Waals surface area (Å²) in [5.41, 5.74) is 0.327. The molecule has 0 bridgehead atoms. The maximum atomic E-state index is 14.9. The minimum atomic E-state index is -1.36. The lowest BCUT2D eigenvalue weighted by molar-refractivity contribution is -0.129. The molecule has 2 fully saturated rings. The number of hydrogen-bond donors (Lipinski definition) is 1. The minimum Gasteiger partial charge on any atom is -0.504 e. The van der Waals surface area contributed by atoms with Crippen molar-refractivity contribution in [3.63, 3.8) is 0 Å². The molecule has 8 rings (SSSR count). The van der Waals surface area contributed by atoms with Crippen molar-refractivity contribution < 1.29 is 19.4 Å². The van der Waals surface area contributed by atoms with E-state index in [0.29, 0.717) is 27.7 Å². The molecule has 12 nitrogen and oxygen atoms in total. The molecule has 1 aliphatic carbocycles. The van der Waals surface area contributed by atoms with Crippen LogP contribution in [0.15, 0.2) is 63.7 Å². The Balaban J connectivity index is 1.30. The van der Waals surface area contributed by atoms with E-state index in [0.717, 1.165) is 25.1 Å². The van der Waals surface area contributed by atoms with E-state index in [4.69, 9.17) is 21.4 Å². The summed E-state index contributed by atoms with van der Waals surface area (Å²) in [5.74, 6) is -2.24. The van der Waals surface area contributed by atoms with E-state index in [-0.39, 0.29) is 24.5 Å². The maximum Gasteiger partial charge on any atom is 0.347 e. The van der Waals surface area contributed by atoms with Gasteiger partial charge in [-0.2, -0.15) is 5.10 Å². The Bertz CT molecular complexity index is 2400. The third kappa shape index (κ3) is 3.85. The van der Waals surface area contributed by atoms with Crippen LogP contribution in [0.5, 0.6) is 11.5 Å². The van der Waals surface area contributed by atoms with E-state index in [9.17, 15) is 24.3 Å². The van der Waals surface area contributed by atoms with Crippen molar-refractivity contribution in [2.75, 3.05) is 12.0 Å². The highest BCUT2D eigenvalue weighted by atomic mass is 35.5. The predicted octanol–water partition coefficient (Wildman–Crippen LogP) is 4.50. The third-order valence-electron chi connectivity index (χ3n) is 10.5. The number of thiophene rings is 1. The number of amides is 2. The number of phenolic OH excluding ortho intramolecular Hbond substituents is 1. The molecule has 1 saturated heterocycles. The number of hydrogen-bond acceptors (Lipinski definition) is 8. The molecule has 0 unspecified atom stereocenters. The fourth-order valence-corrected chi connectivity index (χ4v) is 9.42. The molecule has 0 radical (unpaired) electrons. The third-order valence-corrected chi connectivity index (χ3v) is 12.0. The first kappa shape index (κ1) is 30.5. The van der Waals surface area contributed by atoms with Gasteiger partial charge in [0.05, 0.1) is 35.9 Å². The van der Waals surface area contributed by atoms with Crippen LogP contribution < -0.4 is 21.0 Å². The summed E-state index contributed by atoms with van der Waals surface area (Å²) in [5, 5.41) is 17.8. The van der Waals surface area contributed by atoms with Crippen molar-refractivity contribution in [2.45, 2.75) is 38.8 Å². The number of aromatic hydroxyl groups is 1. The van der Waals surface area contributed by atoms with Gasteiger partial charge < -0.3 is 9.84 Å². The Kier molecular flexibility index (Phi) is 6.54. The molecule has 1 saturated carbocycles. The van der Waals surface area contributed by atoms with Crippen molar-refractivity contribution in [1.29, 1.82) is 0 Å². The molecule has 1 N–H and O–H groups in total. The number of carbonyl (C=O) groups is 2. The number of allylic oxidation sites excluding steroid dienone is 2. The number of methoxy groups -OCH3 is 1. The van der Waals surface area contributed by atoms with Gasteiger partial charge in [0.2, 0.25) is 11.8 Å². The smallest absolute Gasteiger partial charge is 0.347 e. The number of halogens is 1. The summed E-state index contributed by atoms with van der Waals surface area (Å²) in [6, 6.07) is 11.8. The number of rotatable bonds is 4. The Hall–Kier alpha value is -4.88. The van der Waals surface area contributed by atoms with Gasteiger partial charge in [-0.3, -0.25) is 14.3 Å². The number of benzene rings is 2. The number of phenols is 1. The maximum absolute atomic E-state index is 14.9. The molecule has 5 heterocycles. The lowest BCUT2D eigenvalue weighted by atomic mass is 9.56. The average molecular weight is 687 g/mol. The predicted molar refractivity (Wildman–Crippen MR) is 181 cm³/mol. The van der Waals surface area contributed by atoms with Crippen LogP contribution in [0.2, 0.25) is 5.02 Å². The molecule has 48 heavy (non-hydrogen) atoms. The lowest BCUT2D eigenvalue weighted by Gasteiger charge is -2.47. The number of aromatic nitrogens is 5. The normalized spacial score (nSPS) is 23.3. The summed E-state index contributed by atoms with van der Waals surface area (Å²) in [6.45, 7) is 3.84. The molecule has 2 aliphatic heterocycles. The first-order valence-corrected chi connectivity index (χ1v) is 16.6. The van der Waals surface area contributed by atoms with E-state index in [1.807, 2.05) is 31.2 Å². The van der Waals surface area contributed by atoms with Crippen LogP contribution in [-0.2, 0) is 30.2 Å². The number of para-hydroxylation sites is 1. The fraction of sp³-hybridized carbons (Fsp3) is 0.324. The summed E-state index contributed by atoms with van der Waals surface area (Å²) in [6.07, 6.45) is 1.95. The van der Waals surface area contributed by atoms with E-state index < -0.39 is 46.5 Å². The molecule has 2 amide bonds. The van der Waals surface area contributed by atoms with Gasteiger partial charge in [-0.05, 0) is 61.1 Å². The van der Waals surface area contributed by atoms with E-state index in [1.165, 1.54) is 33.1 Å². The van der Waals surface area contributed by atoms with Gasteiger partial charge in [-0.1, -0.05) is 29.8 Å².